The first-order valence-corrected chi connectivity index (χ1v) is 2.76. The van der Waals surface area contributed by atoms with Crippen LogP contribution in [-0.2, 0) is 23.8 Å². The molecular formula is C8H9Cr. The molecule has 0 nitrogen and oxygen atoms in total. The predicted octanol–water partition coefficient (Wildman–Crippen LogP) is 2.06. The van der Waals surface area contributed by atoms with Crippen LogP contribution in [0, 0.1) is 6.92 Å². The zero-order valence-electron chi connectivity index (χ0n) is 5.21. The third kappa shape index (κ3) is 2.70. The van der Waals surface area contributed by atoms with Crippen LogP contribution >= 0.6 is 0 Å². The van der Waals surface area contributed by atoms with Crippen molar-refractivity contribution in [2.45, 2.75) is 6.42 Å². The summed E-state index contributed by atoms with van der Waals surface area (Å²) >= 11 is 0. The smallest absolute Gasteiger partial charge is 0 e. The molecule has 0 N–H and O–H groups in total. The van der Waals surface area contributed by atoms with Crippen molar-refractivity contribution in [1.29, 1.82) is 0 Å². The van der Waals surface area contributed by atoms with Gasteiger partial charge in [0.25, 0.3) is 0 Å². The zero-order chi connectivity index (χ0) is 5.82. The van der Waals surface area contributed by atoms with Gasteiger partial charge in [-0.3, -0.25) is 0 Å². The van der Waals surface area contributed by atoms with E-state index in [4.69, 9.17) is 0 Å². The fourth-order valence-corrected chi connectivity index (χ4v) is 0.645. The molecule has 1 aromatic rings. The second-order valence-electron chi connectivity index (χ2n) is 1.74. The van der Waals surface area contributed by atoms with Crippen LogP contribution in [0.4, 0.5) is 0 Å². The summed E-state index contributed by atoms with van der Waals surface area (Å²) < 4.78 is 0. The molecule has 0 saturated heterocycles. The standard InChI is InChI=1S/C8H9.Cr/c1-2-8-6-4-3-5-7-8;/h3-7H,1-2H2;. The van der Waals surface area contributed by atoms with Crippen molar-refractivity contribution in [2.24, 2.45) is 0 Å². The van der Waals surface area contributed by atoms with Crippen LogP contribution < -0.4 is 0 Å². The van der Waals surface area contributed by atoms with Gasteiger partial charge in [0.15, 0.2) is 0 Å². The van der Waals surface area contributed by atoms with Gasteiger partial charge in [-0.2, -0.15) is 0 Å². The summed E-state index contributed by atoms with van der Waals surface area (Å²) in [7, 11) is 0. The summed E-state index contributed by atoms with van der Waals surface area (Å²) in [6.45, 7) is 3.76. The van der Waals surface area contributed by atoms with Crippen LogP contribution in [0.3, 0.4) is 0 Å². The fourth-order valence-electron chi connectivity index (χ4n) is 0.645. The van der Waals surface area contributed by atoms with Crippen molar-refractivity contribution in [3.8, 4) is 0 Å². The SMILES string of the molecule is [CH2]Cc1ccccc1.[Cr]. The van der Waals surface area contributed by atoms with Crippen LogP contribution in [0.5, 0.6) is 0 Å². The summed E-state index contributed by atoms with van der Waals surface area (Å²) in [6, 6.07) is 10.2. The molecule has 1 aromatic carbocycles. The molecule has 47 valence electrons. The Balaban J connectivity index is 0.000000640. The Morgan fingerprint density at radius 2 is 1.67 bits per heavy atom. The molecule has 0 aliphatic rings. The molecule has 1 radical (unpaired) electrons. The second-order valence-corrected chi connectivity index (χ2v) is 1.74. The van der Waals surface area contributed by atoms with Gasteiger partial charge in [-0.25, -0.2) is 0 Å². The van der Waals surface area contributed by atoms with E-state index < -0.39 is 0 Å². The Labute approximate surface area is 67.0 Å². The average Bonchev–Trinajstić information content (AvgIpc) is 1.90. The molecule has 1 heteroatoms. The van der Waals surface area contributed by atoms with Crippen molar-refractivity contribution in [1.82, 2.24) is 0 Å². The summed E-state index contributed by atoms with van der Waals surface area (Å²) in [6.07, 6.45) is 0.890. The van der Waals surface area contributed by atoms with E-state index in [9.17, 15) is 0 Å². The predicted molar refractivity (Wildman–Crippen MR) is 35.5 cm³/mol. The largest absolute Gasteiger partial charge is 0.0622 e. The Morgan fingerprint density at radius 3 is 2.00 bits per heavy atom. The maximum atomic E-state index is 3.76. The van der Waals surface area contributed by atoms with Gasteiger partial charge in [-0.1, -0.05) is 30.3 Å². The Bertz CT molecular complexity index is 146. The Morgan fingerprint density at radius 1 is 1.11 bits per heavy atom. The Kier molecular flexibility index (Phi) is 4.49. The van der Waals surface area contributed by atoms with E-state index in [0.717, 1.165) is 6.42 Å². The fraction of sp³-hybridized carbons (Fsp3) is 0.125. The van der Waals surface area contributed by atoms with Crippen LogP contribution in [0.25, 0.3) is 0 Å². The van der Waals surface area contributed by atoms with Crippen molar-refractivity contribution < 1.29 is 17.4 Å². The third-order valence-corrected chi connectivity index (χ3v) is 1.13. The molecule has 0 atom stereocenters. The van der Waals surface area contributed by atoms with Gasteiger partial charge in [-0.15, -0.1) is 0 Å². The summed E-state index contributed by atoms with van der Waals surface area (Å²) in [5, 5.41) is 0. The molecular weight excluding hydrogens is 148 g/mol. The first-order chi connectivity index (χ1) is 3.93. The van der Waals surface area contributed by atoms with Crippen molar-refractivity contribution in [2.75, 3.05) is 0 Å². The van der Waals surface area contributed by atoms with Crippen molar-refractivity contribution >= 4 is 0 Å². The van der Waals surface area contributed by atoms with E-state index >= 15 is 0 Å². The number of rotatable bonds is 1. The van der Waals surface area contributed by atoms with E-state index in [1.165, 1.54) is 5.56 Å². The van der Waals surface area contributed by atoms with E-state index in [0.29, 0.717) is 0 Å². The van der Waals surface area contributed by atoms with Gasteiger partial charge in [0.2, 0.25) is 0 Å². The van der Waals surface area contributed by atoms with Crippen molar-refractivity contribution in [3.05, 3.63) is 42.8 Å². The Hall–Kier alpha value is -0.248. The molecule has 0 amide bonds. The first kappa shape index (κ1) is 8.75. The molecule has 0 heterocycles. The topological polar surface area (TPSA) is 0 Å². The maximum absolute atomic E-state index is 3.76. The van der Waals surface area contributed by atoms with Crippen LogP contribution in [0.15, 0.2) is 30.3 Å². The van der Waals surface area contributed by atoms with E-state index in [1.54, 1.807) is 0 Å². The minimum atomic E-state index is 0. The van der Waals surface area contributed by atoms with Gasteiger partial charge < -0.3 is 0 Å². The van der Waals surface area contributed by atoms with E-state index in [1.807, 2.05) is 18.2 Å². The molecule has 0 unspecified atom stereocenters. The van der Waals surface area contributed by atoms with E-state index in [-0.39, 0.29) is 17.4 Å². The monoisotopic (exact) mass is 157 g/mol. The van der Waals surface area contributed by atoms with Gasteiger partial charge in [0.1, 0.15) is 0 Å². The maximum Gasteiger partial charge on any atom is 0 e. The quantitative estimate of drug-likeness (QED) is 0.585. The molecule has 0 aliphatic heterocycles. The van der Waals surface area contributed by atoms with Gasteiger partial charge in [-0.05, 0) is 18.9 Å². The summed E-state index contributed by atoms with van der Waals surface area (Å²) in [5.74, 6) is 0. The third-order valence-electron chi connectivity index (χ3n) is 1.13. The number of hydrogen-bond donors (Lipinski definition) is 0. The molecule has 0 aromatic heterocycles. The van der Waals surface area contributed by atoms with Gasteiger partial charge in [0.05, 0.1) is 0 Å². The summed E-state index contributed by atoms with van der Waals surface area (Å²) in [4.78, 5) is 0. The average molecular weight is 157 g/mol. The molecule has 0 fully saturated rings. The van der Waals surface area contributed by atoms with Crippen molar-refractivity contribution in [3.63, 3.8) is 0 Å². The molecule has 1 rings (SSSR count). The van der Waals surface area contributed by atoms with Crippen LogP contribution in [0.2, 0.25) is 0 Å². The van der Waals surface area contributed by atoms with Gasteiger partial charge >= 0.3 is 0 Å². The normalized spacial score (nSPS) is 8.11. The van der Waals surface area contributed by atoms with Gasteiger partial charge in [0, 0.05) is 17.4 Å². The van der Waals surface area contributed by atoms with Crippen LogP contribution in [-0.4, -0.2) is 0 Å². The van der Waals surface area contributed by atoms with E-state index in [2.05, 4.69) is 19.1 Å². The molecule has 9 heavy (non-hydrogen) atoms. The zero-order valence-corrected chi connectivity index (χ0v) is 6.48. The molecule has 0 aliphatic carbocycles. The molecule has 0 saturated carbocycles. The minimum absolute atomic E-state index is 0. The number of hydrogen-bond acceptors (Lipinski definition) is 0. The molecule has 0 spiro atoms. The minimum Gasteiger partial charge on any atom is -0.0622 e. The summed E-state index contributed by atoms with van der Waals surface area (Å²) in [5.41, 5.74) is 1.30. The number of benzene rings is 1. The van der Waals surface area contributed by atoms with Crippen LogP contribution in [0.1, 0.15) is 5.56 Å². The molecule has 0 bridgehead atoms. The second kappa shape index (κ2) is 4.61. The first-order valence-electron chi connectivity index (χ1n) is 2.76.